The first kappa shape index (κ1) is 22.6. The molecule has 0 spiro atoms. The fourth-order valence-corrected chi connectivity index (χ4v) is 4.50. The van der Waals surface area contributed by atoms with E-state index in [0.29, 0.717) is 19.6 Å². The predicted octanol–water partition coefficient (Wildman–Crippen LogP) is 3.08. The highest BCUT2D eigenvalue weighted by atomic mass is 16.5. The molecule has 0 aromatic heterocycles. The Bertz CT molecular complexity index is 842. The number of hydrogen-bond acceptors (Lipinski definition) is 5. The molecule has 2 heterocycles. The van der Waals surface area contributed by atoms with Crippen molar-refractivity contribution >= 4 is 17.3 Å². The van der Waals surface area contributed by atoms with Crippen LogP contribution in [-0.4, -0.2) is 81.8 Å². The molecule has 2 aromatic carbocycles. The Kier molecular flexibility index (Phi) is 7.66. The Labute approximate surface area is 192 Å². The minimum Gasteiger partial charge on any atom is -0.378 e. The van der Waals surface area contributed by atoms with Crippen LogP contribution in [0.2, 0.25) is 0 Å². The Morgan fingerprint density at radius 2 is 1.72 bits per heavy atom. The molecule has 32 heavy (non-hydrogen) atoms. The summed E-state index contributed by atoms with van der Waals surface area (Å²) in [6, 6.07) is 19.0. The molecule has 2 saturated heterocycles. The smallest absolute Gasteiger partial charge is 0.237 e. The molecule has 0 aliphatic carbocycles. The third-order valence-electron chi connectivity index (χ3n) is 6.48. The second kappa shape index (κ2) is 10.8. The average molecular weight is 437 g/mol. The van der Waals surface area contributed by atoms with Crippen LogP contribution in [0, 0.1) is 0 Å². The molecule has 2 aliphatic rings. The van der Waals surface area contributed by atoms with Crippen LogP contribution < -0.4 is 9.80 Å². The Balaban J connectivity index is 1.35. The topological polar surface area (TPSA) is 39.3 Å². The van der Waals surface area contributed by atoms with Crippen LogP contribution in [0.5, 0.6) is 0 Å². The van der Waals surface area contributed by atoms with Gasteiger partial charge in [0.25, 0.3) is 0 Å². The first-order chi connectivity index (χ1) is 15.6. The van der Waals surface area contributed by atoms with Crippen molar-refractivity contribution < 1.29 is 9.53 Å². The van der Waals surface area contributed by atoms with Gasteiger partial charge in [0.2, 0.25) is 5.91 Å². The van der Waals surface area contributed by atoms with Gasteiger partial charge in [0.1, 0.15) is 0 Å². The van der Waals surface area contributed by atoms with Gasteiger partial charge in [0.05, 0.1) is 12.6 Å². The maximum absolute atomic E-state index is 13.3. The lowest BCUT2D eigenvalue weighted by molar-refractivity contribution is -0.134. The van der Waals surface area contributed by atoms with Gasteiger partial charge in [-0.05, 0) is 42.7 Å². The van der Waals surface area contributed by atoms with Gasteiger partial charge in [-0.25, -0.2) is 0 Å². The molecule has 6 nitrogen and oxygen atoms in total. The Morgan fingerprint density at radius 1 is 1.00 bits per heavy atom. The van der Waals surface area contributed by atoms with Crippen LogP contribution in [0.25, 0.3) is 0 Å². The summed E-state index contributed by atoms with van der Waals surface area (Å²) in [4.78, 5) is 22.1. The summed E-state index contributed by atoms with van der Waals surface area (Å²) in [6.45, 7) is 6.33. The van der Waals surface area contributed by atoms with Crippen molar-refractivity contribution in [1.82, 2.24) is 9.80 Å². The molecular weight excluding hydrogens is 400 g/mol. The van der Waals surface area contributed by atoms with E-state index in [4.69, 9.17) is 4.74 Å². The van der Waals surface area contributed by atoms with Gasteiger partial charge in [-0.2, -0.15) is 0 Å². The highest BCUT2D eigenvalue weighted by Crippen LogP contribution is 2.19. The summed E-state index contributed by atoms with van der Waals surface area (Å²) >= 11 is 0. The van der Waals surface area contributed by atoms with Crippen molar-refractivity contribution in [3.05, 3.63) is 60.2 Å². The lowest BCUT2D eigenvalue weighted by Gasteiger charge is -2.37. The second-order valence-corrected chi connectivity index (χ2v) is 9.07. The number of nitrogens with zero attached hydrogens (tertiary/aromatic N) is 4. The zero-order chi connectivity index (χ0) is 22.3. The minimum absolute atomic E-state index is 0.162. The third-order valence-corrected chi connectivity index (χ3v) is 6.48. The van der Waals surface area contributed by atoms with Gasteiger partial charge in [0.15, 0.2) is 0 Å². The molecule has 0 unspecified atom stereocenters. The zero-order valence-corrected chi connectivity index (χ0v) is 19.4. The normalized spacial score (nSPS) is 19.2. The molecule has 1 amide bonds. The van der Waals surface area contributed by atoms with Gasteiger partial charge in [0, 0.05) is 71.3 Å². The number of rotatable bonds is 8. The maximum Gasteiger partial charge on any atom is 0.237 e. The van der Waals surface area contributed by atoms with E-state index >= 15 is 0 Å². The number of para-hydroxylation sites is 1. The number of piperazine rings is 1. The van der Waals surface area contributed by atoms with Crippen molar-refractivity contribution in [1.29, 1.82) is 0 Å². The lowest BCUT2D eigenvalue weighted by Crippen LogP contribution is -2.50. The van der Waals surface area contributed by atoms with Crippen molar-refractivity contribution in [3.8, 4) is 0 Å². The number of carbonyl (C=O) groups excluding carboxylic acids is 1. The molecule has 172 valence electrons. The molecule has 1 atom stereocenters. The van der Waals surface area contributed by atoms with Gasteiger partial charge >= 0.3 is 0 Å². The van der Waals surface area contributed by atoms with Crippen LogP contribution >= 0.6 is 0 Å². The van der Waals surface area contributed by atoms with Crippen molar-refractivity contribution in [3.63, 3.8) is 0 Å². The summed E-state index contributed by atoms with van der Waals surface area (Å²) in [5, 5.41) is 0. The molecule has 2 aromatic rings. The van der Waals surface area contributed by atoms with Crippen molar-refractivity contribution in [2.24, 2.45) is 0 Å². The molecule has 2 aliphatic heterocycles. The van der Waals surface area contributed by atoms with Crippen LogP contribution in [0.15, 0.2) is 54.6 Å². The Morgan fingerprint density at radius 3 is 2.34 bits per heavy atom. The first-order valence-electron chi connectivity index (χ1n) is 11.8. The fourth-order valence-electron chi connectivity index (χ4n) is 4.50. The predicted molar refractivity (Wildman–Crippen MR) is 130 cm³/mol. The quantitative estimate of drug-likeness (QED) is 0.636. The van der Waals surface area contributed by atoms with E-state index in [9.17, 15) is 4.79 Å². The van der Waals surface area contributed by atoms with Gasteiger partial charge in [-0.3, -0.25) is 9.69 Å². The zero-order valence-electron chi connectivity index (χ0n) is 19.4. The van der Waals surface area contributed by atoms with E-state index in [-0.39, 0.29) is 12.0 Å². The minimum atomic E-state index is 0.162. The molecule has 0 radical (unpaired) electrons. The van der Waals surface area contributed by atoms with E-state index in [1.807, 2.05) is 19.0 Å². The van der Waals surface area contributed by atoms with E-state index < -0.39 is 0 Å². The standard InChI is InChI=1S/C26H36N4O2/c1-27(2)23-12-10-22(11-13-23)19-30(20-25-9-6-18-32-25)26(31)21-28-14-16-29(17-15-28)24-7-4-3-5-8-24/h3-5,7-8,10-13,25H,6,9,14-21H2,1-2H3/t25-/m1/s1. The maximum atomic E-state index is 13.3. The third kappa shape index (κ3) is 6.02. The number of benzene rings is 2. The van der Waals surface area contributed by atoms with E-state index in [0.717, 1.165) is 51.2 Å². The monoisotopic (exact) mass is 436 g/mol. The van der Waals surface area contributed by atoms with Gasteiger partial charge < -0.3 is 19.4 Å². The molecule has 2 fully saturated rings. The molecule has 0 N–H and O–H groups in total. The van der Waals surface area contributed by atoms with Crippen LogP contribution in [-0.2, 0) is 16.1 Å². The summed E-state index contributed by atoms with van der Waals surface area (Å²) in [5.74, 6) is 0.199. The second-order valence-electron chi connectivity index (χ2n) is 9.07. The summed E-state index contributed by atoms with van der Waals surface area (Å²) in [5.41, 5.74) is 3.59. The number of carbonyl (C=O) groups is 1. The molecule has 0 bridgehead atoms. The van der Waals surface area contributed by atoms with E-state index in [2.05, 4.69) is 69.3 Å². The lowest BCUT2D eigenvalue weighted by atomic mass is 10.1. The van der Waals surface area contributed by atoms with Crippen LogP contribution in [0.3, 0.4) is 0 Å². The van der Waals surface area contributed by atoms with Crippen LogP contribution in [0.4, 0.5) is 11.4 Å². The van der Waals surface area contributed by atoms with Gasteiger partial charge in [-0.1, -0.05) is 30.3 Å². The first-order valence-corrected chi connectivity index (χ1v) is 11.8. The average Bonchev–Trinajstić information content (AvgIpc) is 3.33. The summed E-state index contributed by atoms with van der Waals surface area (Å²) in [7, 11) is 4.08. The van der Waals surface area contributed by atoms with Crippen LogP contribution in [0.1, 0.15) is 18.4 Å². The number of hydrogen-bond donors (Lipinski definition) is 0. The molecular formula is C26H36N4O2. The van der Waals surface area contributed by atoms with Crippen molar-refractivity contribution in [2.45, 2.75) is 25.5 Å². The Hall–Kier alpha value is -2.57. The SMILES string of the molecule is CN(C)c1ccc(CN(C[C@H]2CCCO2)C(=O)CN2CCN(c3ccccc3)CC2)cc1. The van der Waals surface area contributed by atoms with E-state index in [1.165, 1.54) is 11.4 Å². The van der Waals surface area contributed by atoms with E-state index in [1.54, 1.807) is 0 Å². The van der Waals surface area contributed by atoms with Crippen molar-refractivity contribution in [2.75, 3.05) is 69.8 Å². The number of anilines is 2. The largest absolute Gasteiger partial charge is 0.378 e. The molecule has 6 heteroatoms. The fraction of sp³-hybridized carbons (Fsp3) is 0.500. The molecule has 4 rings (SSSR count). The summed E-state index contributed by atoms with van der Waals surface area (Å²) < 4.78 is 5.85. The highest BCUT2D eigenvalue weighted by molar-refractivity contribution is 5.78. The number of amides is 1. The molecule has 0 saturated carbocycles. The highest BCUT2D eigenvalue weighted by Gasteiger charge is 2.26. The summed E-state index contributed by atoms with van der Waals surface area (Å²) in [6.07, 6.45) is 2.29. The van der Waals surface area contributed by atoms with Gasteiger partial charge in [-0.15, -0.1) is 0 Å². The number of ether oxygens (including phenoxy) is 1.